The zero-order valence-corrected chi connectivity index (χ0v) is 13.0. The van der Waals surface area contributed by atoms with E-state index in [1.165, 1.54) is 18.0 Å². The third-order valence-electron chi connectivity index (χ3n) is 2.84. The quantitative estimate of drug-likeness (QED) is 0.683. The van der Waals surface area contributed by atoms with Gasteiger partial charge in [0.1, 0.15) is 0 Å². The first kappa shape index (κ1) is 13.7. The van der Waals surface area contributed by atoms with Crippen molar-refractivity contribution in [1.82, 2.24) is 19.7 Å². The van der Waals surface area contributed by atoms with Crippen molar-refractivity contribution in [2.24, 2.45) is 0 Å². The molecule has 8 heteroatoms. The molecule has 0 fully saturated rings. The van der Waals surface area contributed by atoms with E-state index in [1.807, 2.05) is 24.3 Å². The number of nitrogens with zero attached hydrogens (tertiary/aromatic N) is 4. The van der Waals surface area contributed by atoms with Crippen molar-refractivity contribution in [3.63, 3.8) is 0 Å². The number of hydrogen-bond acceptors (Lipinski definition) is 5. The molecule has 0 bridgehead atoms. The van der Waals surface area contributed by atoms with Crippen LogP contribution in [-0.4, -0.2) is 37.9 Å². The predicted molar refractivity (Wildman–Crippen MR) is 82.9 cm³/mol. The lowest BCUT2D eigenvalue weighted by molar-refractivity contribution is 0.0692. The Morgan fingerprint density at radius 1 is 1.43 bits per heavy atom. The van der Waals surface area contributed by atoms with Crippen LogP contribution in [0.1, 0.15) is 10.5 Å². The van der Waals surface area contributed by atoms with Crippen molar-refractivity contribution in [2.45, 2.75) is 0 Å². The Balaban J connectivity index is 2.33. The van der Waals surface area contributed by atoms with Gasteiger partial charge in [0.15, 0.2) is 11.3 Å². The van der Waals surface area contributed by atoms with Crippen LogP contribution in [0.25, 0.3) is 16.7 Å². The number of benzene rings is 1. The second kappa shape index (κ2) is 5.28. The summed E-state index contributed by atoms with van der Waals surface area (Å²) in [5, 5.41) is 13.8. The average molecular weight is 396 g/mol. The largest absolute Gasteiger partial charge is 0.476 e. The normalized spacial score (nSPS) is 10.8. The number of fused-ring (bicyclic) bond motifs is 1. The summed E-state index contributed by atoms with van der Waals surface area (Å²) in [4.78, 5) is 19.5. The molecule has 1 aromatic carbocycles. The SMILES string of the molecule is COc1ncc2c(C(=O)O)nn(-c3cccc(I)c3)c2n1. The molecule has 1 N–H and O–H groups in total. The van der Waals surface area contributed by atoms with Crippen LogP contribution in [0.15, 0.2) is 30.5 Å². The van der Waals surface area contributed by atoms with E-state index in [0.29, 0.717) is 11.0 Å². The highest BCUT2D eigenvalue weighted by Gasteiger charge is 2.19. The molecule has 2 aromatic heterocycles. The van der Waals surface area contributed by atoms with Crippen LogP contribution in [0.5, 0.6) is 6.01 Å². The fourth-order valence-corrected chi connectivity index (χ4v) is 2.46. The molecule has 0 atom stereocenters. The van der Waals surface area contributed by atoms with Gasteiger partial charge in [-0.3, -0.25) is 0 Å². The maximum atomic E-state index is 11.3. The van der Waals surface area contributed by atoms with Gasteiger partial charge in [-0.1, -0.05) is 6.07 Å². The number of carboxylic acids is 1. The van der Waals surface area contributed by atoms with Crippen molar-refractivity contribution in [3.8, 4) is 11.7 Å². The van der Waals surface area contributed by atoms with Crippen molar-refractivity contribution in [2.75, 3.05) is 7.11 Å². The first-order chi connectivity index (χ1) is 10.1. The minimum absolute atomic E-state index is 0.0912. The lowest BCUT2D eigenvalue weighted by atomic mass is 10.3. The molecule has 21 heavy (non-hydrogen) atoms. The van der Waals surface area contributed by atoms with Crippen LogP contribution in [0, 0.1) is 3.57 Å². The molecule has 106 valence electrons. The summed E-state index contributed by atoms with van der Waals surface area (Å²) in [5.41, 5.74) is 1.02. The summed E-state index contributed by atoms with van der Waals surface area (Å²) in [6.07, 6.45) is 1.40. The van der Waals surface area contributed by atoms with Crippen LogP contribution >= 0.6 is 22.6 Å². The van der Waals surface area contributed by atoms with Gasteiger partial charge in [0, 0.05) is 9.77 Å². The summed E-state index contributed by atoms with van der Waals surface area (Å²) in [6, 6.07) is 7.67. The van der Waals surface area contributed by atoms with E-state index in [9.17, 15) is 9.90 Å². The van der Waals surface area contributed by atoms with E-state index in [0.717, 1.165) is 9.26 Å². The second-order valence-corrected chi connectivity index (χ2v) is 5.39. The van der Waals surface area contributed by atoms with Gasteiger partial charge in [-0.2, -0.15) is 10.1 Å². The smallest absolute Gasteiger partial charge is 0.357 e. The van der Waals surface area contributed by atoms with E-state index in [-0.39, 0.29) is 11.7 Å². The Labute approximate surface area is 132 Å². The van der Waals surface area contributed by atoms with E-state index in [4.69, 9.17) is 4.74 Å². The minimum atomic E-state index is -1.13. The van der Waals surface area contributed by atoms with Crippen LogP contribution in [0.3, 0.4) is 0 Å². The van der Waals surface area contributed by atoms with Gasteiger partial charge in [-0.05, 0) is 40.8 Å². The molecule has 0 aliphatic rings. The van der Waals surface area contributed by atoms with Crippen LogP contribution in [-0.2, 0) is 0 Å². The number of hydrogen-bond donors (Lipinski definition) is 1. The third-order valence-corrected chi connectivity index (χ3v) is 3.51. The molecule has 0 amide bonds. The Morgan fingerprint density at radius 3 is 2.90 bits per heavy atom. The molecule has 0 radical (unpaired) electrons. The van der Waals surface area contributed by atoms with Gasteiger partial charge in [0.25, 0.3) is 0 Å². The fourth-order valence-electron chi connectivity index (χ4n) is 1.93. The van der Waals surface area contributed by atoms with E-state index in [1.54, 1.807) is 0 Å². The number of ether oxygens (including phenoxy) is 1. The standard InChI is InChI=1S/C13H9IN4O3/c1-21-13-15-6-9-10(12(19)20)17-18(11(9)16-13)8-4-2-3-7(14)5-8/h2-6H,1H3,(H,19,20). The van der Waals surface area contributed by atoms with E-state index < -0.39 is 5.97 Å². The van der Waals surface area contributed by atoms with Crippen molar-refractivity contribution in [1.29, 1.82) is 0 Å². The molecule has 3 aromatic rings. The van der Waals surface area contributed by atoms with Crippen molar-refractivity contribution in [3.05, 3.63) is 39.7 Å². The molecule has 7 nitrogen and oxygen atoms in total. The highest BCUT2D eigenvalue weighted by molar-refractivity contribution is 14.1. The highest BCUT2D eigenvalue weighted by Crippen LogP contribution is 2.22. The Hall–Kier alpha value is -2.23. The zero-order valence-electron chi connectivity index (χ0n) is 10.8. The second-order valence-electron chi connectivity index (χ2n) is 4.14. The lowest BCUT2D eigenvalue weighted by Crippen LogP contribution is -2.02. The van der Waals surface area contributed by atoms with Gasteiger partial charge in [-0.15, -0.1) is 0 Å². The molecular weight excluding hydrogens is 387 g/mol. The van der Waals surface area contributed by atoms with Crippen molar-refractivity contribution < 1.29 is 14.6 Å². The average Bonchev–Trinajstić information content (AvgIpc) is 2.86. The predicted octanol–water partition coefficient (Wildman–Crippen LogP) is 2.13. The van der Waals surface area contributed by atoms with E-state index >= 15 is 0 Å². The first-order valence-corrected chi connectivity index (χ1v) is 6.97. The van der Waals surface area contributed by atoms with Gasteiger partial charge in [0.2, 0.25) is 0 Å². The number of aromatic nitrogens is 4. The number of methoxy groups -OCH3 is 1. The summed E-state index contributed by atoms with van der Waals surface area (Å²) >= 11 is 2.18. The van der Waals surface area contributed by atoms with Gasteiger partial charge in [0.05, 0.1) is 18.2 Å². The molecule has 0 aliphatic carbocycles. The first-order valence-electron chi connectivity index (χ1n) is 5.89. The number of carboxylic acid groups (broad SMARTS) is 1. The third kappa shape index (κ3) is 2.42. The van der Waals surface area contributed by atoms with Crippen LogP contribution in [0.4, 0.5) is 0 Å². The molecule has 2 heterocycles. The summed E-state index contributed by atoms with van der Waals surface area (Å²) in [6.45, 7) is 0. The molecule has 0 saturated heterocycles. The molecule has 0 saturated carbocycles. The van der Waals surface area contributed by atoms with Crippen LogP contribution < -0.4 is 4.74 Å². The minimum Gasteiger partial charge on any atom is -0.476 e. The summed E-state index contributed by atoms with van der Waals surface area (Å²) < 4.78 is 7.48. The Kier molecular flexibility index (Phi) is 3.45. The number of aromatic carboxylic acids is 1. The van der Waals surface area contributed by atoms with Gasteiger partial charge in [-0.25, -0.2) is 14.5 Å². The monoisotopic (exact) mass is 396 g/mol. The molecular formula is C13H9IN4O3. The van der Waals surface area contributed by atoms with Crippen LogP contribution in [0.2, 0.25) is 0 Å². The zero-order chi connectivity index (χ0) is 15.0. The summed E-state index contributed by atoms with van der Waals surface area (Å²) in [5.74, 6) is -1.13. The number of halogens is 1. The maximum absolute atomic E-state index is 11.3. The Morgan fingerprint density at radius 2 is 2.24 bits per heavy atom. The fraction of sp³-hybridized carbons (Fsp3) is 0.0769. The highest BCUT2D eigenvalue weighted by atomic mass is 127. The lowest BCUT2D eigenvalue weighted by Gasteiger charge is -2.03. The van der Waals surface area contributed by atoms with Gasteiger partial charge < -0.3 is 9.84 Å². The molecule has 3 rings (SSSR count). The van der Waals surface area contributed by atoms with E-state index in [2.05, 4.69) is 37.7 Å². The maximum Gasteiger partial charge on any atom is 0.357 e. The number of rotatable bonds is 3. The molecule has 0 unspecified atom stereocenters. The molecule has 0 aliphatic heterocycles. The Bertz CT molecular complexity index is 847. The molecule has 0 spiro atoms. The van der Waals surface area contributed by atoms with Crippen molar-refractivity contribution >= 4 is 39.6 Å². The van der Waals surface area contributed by atoms with Gasteiger partial charge >= 0.3 is 12.0 Å². The number of carbonyl (C=O) groups is 1. The summed E-state index contributed by atoms with van der Waals surface area (Å²) in [7, 11) is 1.45. The topological polar surface area (TPSA) is 90.1 Å².